The van der Waals surface area contributed by atoms with Crippen molar-refractivity contribution in [1.82, 2.24) is 24.0 Å². The van der Waals surface area contributed by atoms with Crippen molar-refractivity contribution in [3.63, 3.8) is 0 Å². The lowest BCUT2D eigenvalue weighted by molar-refractivity contribution is -0.192. The van der Waals surface area contributed by atoms with Crippen molar-refractivity contribution in [2.24, 2.45) is 12.5 Å². The van der Waals surface area contributed by atoms with Crippen LogP contribution in [0.2, 0.25) is 0 Å². The van der Waals surface area contributed by atoms with Crippen molar-refractivity contribution in [1.29, 1.82) is 0 Å². The number of nitrogens with one attached hydrogen (secondary N) is 1. The van der Waals surface area contributed by atoms with Crippen LogP contribution in [-0.2, 0) is 29.7 Å². The summed E-state index contributed by atoms with van der Waals surface area (Å²) in [5, 5.41) is 10.4. The maximum atomic E-state index is 13.0. The Balaban J connectivity index is 0.000000572. The first-order chi connectivity index (χ1) is 16.6. The average Bonchev–Trinajstić information content (AvgIpc) is 3.18. The maximum Gasteiger partial charge on any atom is 0.490 e. The highest BCUT2D eigenvalue weighted by molar-refractivity contribution is 5.85. The van der Waals surface area contributed by atoms with E-state index in [-0.39, 0.29) is 24.5 Å². The van der Waals surface area contributed by atoms with E-state index in [0.29, 0.717) is 11.5 Å². The van der Waals surface area contributed by atoms with Crippen molar-refractivity contribution < 1.29 is 27.9 Å². The summed E-state index contributed by atoms with van der Waals surface area (Å²) >= 11 is 0. The lowest BCUT2D eigenvalue weighted by atomic mass is 9.91. The van der Waals surface area contributed by atoms with Gasteiger partial charge in [0.05, 0.1) is 13.1 Å². The van der Waals surface area contributed by atoms with Crippen molar-refractivity contribution in [3.05, 3.63) is 20.8 Å². The number of carbonyl (C=O) groups excluding carboxylic acids is 1. The largest absolute Gasteiger partial charge is 0.490 e. The van der Waals surface area contributed by atoms with E-state index in [2.05, 4.69) is 27.0 Å². The van der Waals surface area contributed by atoms with E-state index < -0.39 is 28.8 Å². The Morgan fingerprint density at radius 3 is 2.14 bits per heavy atom. The molecule has 0 amide bonds. The smallest absolute Gasteiger partial charge is 0.475 e. The predicted octanol–water partition coefficient (Wildman–Crippen LogP) is 0.578. The van der Waals surface area contributed by atoms with Gasteiger partial charge >= 0.3 is 17.8 Å². The van der Waals surface area contributed by atoms with Crippen LogP contribution < -0.4 is 21.5 Å². The SMILES string of the molecule is CC#CCn1c(N2CCNCC2)nc2c1c(=O)n(C)c(=O)n2CC(=O)C(C)(C)C.O=C(O)C(F)(F)F. The van der Waals surface area contributed by atoms with Gasteiger partial charge in [0.2, 0.25) is 5.95 Å². The summed E-state index contributed by atoms with van der Waals surface area (Å²) in [5.41, 5.74) is -1.06. The molecule has 198 valence electrons. The fourth-order valence-corrected chi connectivity index (χ4v) is 3.28. The molecule has 0 bridgehead atoms. The Kier molecular flexibility index (Phi) is 8.74. The van der Waals surface area contributed by atoms with Crippen molar-refractivity contribution in [3.8, 4) is 11.8 Å². The van der Waals surface area contributed by atoms with Crippen molar-refractivity contribution >= 4 is 28.9 Å². The number of carbonyl (C=O) groups is 2. The quantitative estimate of drug-likeness (QED) is 0.567. The first-order valence-corrected chi connectivity index (χ1v) is 11.0. The molecule has 36 heavy (non-hydrogen) atoms. The number of nitrogens with zero attached hydrogens (tertiary/aromatic N) is 5. The summed E-state index contributed by atoms with van der Waals surface area (Å²) in [7, 11) is 1.43. The Bertz CT molecular complexity index is 1320. The third-order valence-electron chi connectivity index (χ3n) is 5.40. The second-order valence-electron chi connectivity index (χ2n) is 9.04. The number of carboxylic acids is 1. The van der Waals surface area contributed by atoms with E-state index in [1.54, 1.807) is 32.3 Å². The number of ketones is 1. The van der Waals surface area contributed by atoms with Gasteiger partial charge in [0.15, 0.2) is 16.9 Å². The monoisotopic (exact) mass is 514 g/mol. The molecule has 11 nitrogen and oxygen atoms in total. The van der Waals surface area contributed by atoms with Gasteiger partial charge in [-0.3, -0.25) is 23.3 Å². The molecule has 14 heteroatoms. The molecule has 1 aliphatic heterocycles. The Hall–Kier alpha value is -3.60. The molecule has 0 saturated carbocycles. The number of alkyl halides is 3. The van der Waals surface area contributed by atoms with Crippen LogP contribution in [0.25, 0.3) is 11.2 Å². The minimum absolute atomic E-state index is 0.105. The average molecular weight is 515 g/mol. The molecule has 3 heterocycles. The summed E-state index contributed by atoms with van der Waals surface area (Å²) in [4.78, 5) is 54.2. The lowest BCUT2D eigenvalue weighted by Crippen LogP contribution is -2.44. The van der Waals surface area contributed by atoms with Gasteiger partial charge in [-0.05, 0) is 6.92 Å². The molecule has 0 aromatic carbocycles. The van der Waals surface area contributed by atoms with E-state index in [9.17, 15) is 27.6 Å². The summed E-state index contributed by atoms with van der Waals surface area (Å²) in [6, 6.07) is 0. The van der Waals surface area contributed by atoms with Crippen LogP contribution in [0.1, 0.15) is 27.7 Å². The van der Waals surface area contributed by atoms with Crippen molar-refractivity contribution in [2.75, 3.05) is 31.1 Å². The molecular weight excluding hydrogens is 485 g/mol. The van der Waals surface area contributed by atoms with Crippen LogP contribution >= 0.6 is 0 Å². The lowest BCUT2D eigenvalue weighted by Gasteiger charge is -2.28. The van der Waals surface area contributed by atoms with Crippen LogP contribution in [0.3, 0.4) is 0 Å². The minimum atomic E-state index is -5.08. The molecule has 0 atom stereocenters. The van der Waals surface area contributed by atoms with Gasteiger partial charge in [-0.1, -0.05) is 26.7 Å². The molecule has 1 fully saturated rings. The number of halogens is 3. The fourth-order valence-electron chi connectivity index (χ4n) is 3.28. The molecule has 2 aromatic rings. The molecule has 0 aliphatic carbocycles. The zero-order valence-corrected chi connectivity index (χ0v) is 20.7. The molecule has 0 spiro atoms. The van der Waals surface area contributed by atoms with Crippen LogP contribution in [0.5, 0.6) is 0 Å². The fraction of sp³-hybridized carbons (Fsp3) is 0.591. The normalized spacial score (nSPS) is 14.1. The Morgan fingerprint density at radius 1 is 1.11 bits per heavy atom. The first kappa shape index (κ1) is 28.6. The number of Topliss-reactive ketones (excluding diaryl/α,β-unsaturated/α-hetero) is 1. The summed E-state index contributed by atoms with van der Waals surface area (Å²) < 4.78 is 35.8. The van der Waals surface area contributed by atoms with Gasteiger partial charge in [0, 0.05) is 38.6 Å². The highest BCUT2D eigenvalue weighted by atomic mass is 19.4. The van der Waals surface area contributed by atoms with E-state index >= 15 is 0 Å². The molecular formula is C22H29F3N6O5. The van der Waals surface area contributed by atoms with E-state index in [1.165, 1.54) is 11.6 Å². The maximum absolute atomic E-state index is 13.0. The standard InChI is InChI=1S/C20H28N6O3.C2HF3O2/c1-6-7-10-25-15-16(22-18(25)24-11-8-21-9-12-24)26(13-14(27)20(2,3)4)19(29)23(5)17(15)28;3-2(4,5)1(6)7/h21H,8-13H2,1-5H3;(H,6,7). The number of hydrogen-bond acceptors (Lipinski definition) is 7. The van der Waals surface area contributed by atoms with Crippen LogP contribution in [0, 0.1) is 17.3 Å². The number of imidazole rings is 1. The van der Waals surface area contributed by atoms with Gasteiger partial charge in [0.1, 0.15) is 0 Å². The number of aliphatic carboxylic acids is 1. The minimum Gasteiger partial charge on any atom is -0.475 e. The van der Waals surface area contributed by atoms with E-state index in [1.807, 2.05) is 0 Å². The highest BCUT2D eigenvalue weighted by Crippen LogP contribution is 2.22. The number of rotatable bonds is 4. The van der Waals surface area contributed by atoms with Gasteiger partial charge in [0.25, 0.3) is 5.56 Å². The van der Waals surface area contributed by atoms with Gasteiger partial charge in [-0.2, -0.15) is 18.2 Å². The molecule has 1 saturated heterocycles. The van der Waals surface area contributed by atoms with Gasteiger partial charge in [-0.25, -0.2) is 9.59 Å². The van der Waals surface area contributed by atoms with Crippen LogP contribution in [-0.4, -0.2) is 67.9 Å². The number of anilines is 1. The van der Waals surface area contributed by atoms with Crippen LogP contribution in [0.15, 0.2) is 9.59 Å². The zero-order chi connectivity index (χ0) is 27.4. The van der Waals surface area contributed by atoms with E-state index in [4.69, 9.17) is 9.90 Å². The second-order valence-corrected chi connectivity index (χ2v) is 9.04. The predicted molar refractivity (Wildman–Crippen MR) is 126 cm³/mol. The molecule has 3 rings (SSSR count). The number of hydrogen-bond donors (Lipinski definition) is 2. The molecule has 0 unspecified atom stereocenters. The second kappa shape index (κ2) is 11.0. The number of piperazine rings is 1. The number of aromatic nitrogens is 4. The Morgan fingerprint density at radius 2 is 1.67 bits per heavy atom. The van der Waals surface area contributed by atoms with Gasteiger partial charge < -0.3 is 15.3 Å². The first-order valence-electron chi connectivity index (χ1n) is 11.0. The third-order valence-corrected chi connectivity index (χ3v) is 5.40. The molecule has 2 N–H and O–H groups in total. The molecule has 2 aromatic heterocycles. The zero-order valence-electron chi connectivity index (χ0n) is 20.7. The number of fused-ring (bicyclic) bond motifs is 1. The van der Waals surface area contributed by atoms with Crippen molar-refractivity contribution in [2.45, 2.75) is 47.0 Å². The van der Waals surface area contributed by atoms with Gasteiger partial charge in [-0.15, -0.1) is 5.92 Å². The summed E-state index contributed by atoms with van der Waals surface area (Å²) in [5.74, 6) is 3.59. The topological polar surface area (TPSA) is 131 Å². The summed E-state index contributed by atoms with van der Waals surface area (Å²) in [6.45, 7) is 10.4. The highest BCUT2D eigenvalue weighted by Gasteiger charge is 2.38. The Labute approximate surface area is 204 Å². The third kappa shape index (κ3) is 6.34. The molecule has 1 aliphatic rings. The van der Waals surface area contributed by atoms with E-state index in [0.717, 1.165) is 30.7 Å². The summed E-state index contributed by atoms with van der Waals surface area (Å²) in [6.07, 6.45) is -5.08. The molecule has 0 radical (unpaired) electrons. The van der Waals surface area contributed by atoms with Crippen LogP contribution in [0.4, 0.5) is 19.1 Å². The number of carboxylic acid groups (broad SMARTS) is 1.